The van der Waals surface area contributed by atoms with Crippen LogP contribution in [-0.4, -0.2) is 10.2 Å². The van der Waals surface area contributed by atoms with Crippen molar-refractivity contribution in [1.82, 2.24) is 10.2 Å². The molecule has 0 bridgehead atoms. The van der Waals surface area contributed by atoms with Gasteiger partial charge in [-0.1, -0.05) is 29.8 Å². The second-order valence-electron chi connectivity index (χ2n) is 3.67. The van der Waals surface area contributed by atoms with E-state index < -0.39 is 0 Å². The number of nitrogens with zero attached hydrogens (tertiary/aromatic N) is 2. The van der Waals surface area contributed by atoms with Gasteiger partial charge in [-0.2, -0.15) is 0 Å². The molecule has 3 nitrogen and oxygen atoms in total. The summed E-state index contributed by atoms with van der Waals surface area (Å²) < 4.78 is 5.56. The Morgan fingerprint density at radius 1 is 1.62 bits per heavy atom. The van der Waals surface area contributed by atoms with E-state index in [1.165, 1.54) is 6.42 Å². The fourth-order valence-electron chi connectivity index (χ4n) is 1.36. The average Bonchev–Trinajstić information content (AvgIpc) is 2.70. The second kappa shape index (κ2) is 3.40. The lowest BCUT2D eigenvalue weighted by Gasteiger charge is -1.97. The number of alkyl halides is 1. The Labute approximate surface area is 86.0 Å². The van der Waals surface area contributed by atoms with Gasteiger partial charge in [0.25, 0.3) is 0 Å². The molecule has 3 unspecified atom stereocenters. The maximum atomic E-state index is 5.56. The standard InChI is InChI=1S/C9H13BrN2O/c1-3-7(10)9-12-11-8(13-9)6-4-5(6)2/h5-7H,3-4H2,1-2H3. The Morgan fingerprint density at radius 2 is 2.31 bits per heavy atom. The lowest BCUT2D eigenvalue weighted by molar-refractivity contribution is 0.443. The highest BCUT2D eigenvalue weighted by Gasteiger charge is 2.38. The summed E-state index contributed by atoms with van der Waals surface area (Å²) in [7, 11) is 0. The number of halogens is 1. The van der Waals surface area contributed by atoms with Crippen LogP contribution in [0.25, 0.3) is 0 Å². The molecule has 0 aliphatic heterocycles. The number of aromatic nitrogens is 2. The summed E-state index contributed by atoms with van der Waals surface area (Å²) in [5.74, 6) is 2.79. The molecule has 1 aliphatic rings. The van der Waals surface area contributed by atoms with Crippen molar-refractivity contribution < 1.29 is 4.42 Å². The third kappa shape index (κ3) is 1.77. The van der Waals surface area contributed by atoms with Gasteiger partial charge in [0.15, 0.2) is 0 Å². The van der Waals surface area contributed by atoms with E-state index in [1.54, 1.807) is 0 Å². The largest absolute Gasteiger partial charge is 0.424 e. The minimum atomic E-state index is 0.211. The number of rotatable bonds is 3. The molecule has 1 aromatic heterocycles. The quantitative estimate of drug-likeness (QED) is 0.768. The molecule has 0 saturated heterocycles. The molecule has 3 atom stereocenters. The normalized spacial score (nSPS) is 28.8. The first-order valence-corrected chi connectivity index (χ1v) is 5.61. The van der Waals surface area contributed by atoms with Crippen LogP contribution in [0.3, 0.4) is 0 Å². The summed E-state index contributed by atoms with van der Waals surface area (Å²) in [5.41, 5.74) is 0. The Balaban J connectivity index is 2.09. The number of hydrogen-bond donors (Lipinski definition) is 0. The maximum Gasteiger partial charge on any atom is 0.230 e. The van der Waals surface area contributed by atoms with Crippen LogP contribution in [0.5, 0.6) is 0 Å². The van der Waals surface area contributed by atoms with Gasteiger partial charge >= 0.3 is 0 Å². The minimum Gasteiger partial charge on any atom is -0.424 e. The van der Waals surface area contributed by atoms with E-state index in [0.29, 0.717) is 5.92 Å². The molecule has 1 aromatic rings. The van der Waals surface area contributed by atoms with E-state index in [2.05, 4.69) is 40.0 Å². The fourth-order valence-corrected chi connectivity index (χ4v) is 1.55. The molecule has 0 spiro atoms. The summed E-state index contributed by atoms with van der Waals surface area (Å²) in [6.07, 6.45) is 2.17. The van der Waals surface area contributed by atoms with Gasteiger partial charge in [-0.25, -0.2) is 0 Å². The topological polar surface area (TPSA) is 38.9 Å². The molecular weight excluding hydrogens is 232 g/mol. The van der Waals surface area contributed by atoms with Gasteiger partial charge in [0.2, 0.25) is 11.8 Å². The van der Waals surface area contributed by atoms with Crippen molar-refractivity contribution in [3.05, 3.63) is 11.8 Å². The molecule has 1 aliphatic carbocycles. The molecule has 0 N–H and O–H groups in total. The average molecular weight is 245 g/mol. The molecular formula is C9H13BrN2O. The Morgan fingerprint density at radius 3 is 2.85 bits per heavy atom. The van der Waals surface area contributed by atoms with Crippen molar-refractivity contribution in [3.63, 3.8) is 0 Å². The van der Waals surface area contributed by atoms with Crippen LogP contribution in [0.4, 0.5) is 0 Å². The Hall–Kier alpha value is -0.380. The highest BCUT2D eigenvalue weighted by molar-refractivity contribution is 9.09. The summed E-state index contributed by atoms with van der Waals surface area (Å²) >= 11 is 3.49. The van der Waals surface area contributed by atoms with Gasteiger partial charge in [-0.15, -0.1) is 10.2 Å². The highest BCUT2D eigenvalue weighted by atomic mass is 79.9. The van der Waals surface area contributed by atoms with Crippen LogP contribution < -0.4 is 0 Å². The lowest BCUT2D eigenvalue weighted by Crippen LogP contribution is -1.86. The van der Waals surface area contributed by atoms with E-state index in [1.807, 2.05) is 0 Å². The summed E-state index contributed by atoms with van der Waals surface area (Å²) in [6, 6.07) is 0. The molecule has 1 saturated carbocycles. The first-order chi connectivity index (χ1) is 6.22. The summed E-state index contributed by atoms with van der Waals surface area (Å²) in [4.78, 5) is 0.211. The molecule has 0 radical (unpaired) electrons. The molecule has 72 valence electrons. The van der Waals surface area contributed by atoms with Crippen LogP contribution in [0.15, 0.2) is 4.42 Å². The van der Waals surface area contributed by atoms with Gasteiger partial charge in [0.05, 0.1) is 4.83 Å². The first kappa shape index (κ1) is 9.19. The van der Waals surface area contributed by atoms with E-state index in [4.69, 9.17) is 4.42 Å². The van der Waals surface area contributed by atoms with Crippen LogP contribution in [-0.2, 0) is 0 Å². The maximum absolute atomic E-state index is 5.56. The monoisotopic (exact) mass is 244 g/mol. The second-order valence-corrected chi connectivity index (χ2v) is 4.78. The van der Waals surface area contributed by atoms with E-state index in [-0.39, 0.29) is 4.83 Å². The van der Waals surface area contributed by atoms with Crippen LogP contribution in [0.2, 0.25) is 0 Å². The first-order valence-electron chi connectivity index (χ1n) is 4.69. The fraction of sp³-hybridized carbons (Fsp3) is 0.778. The molecule has 1 heterocycles. The van der Waals surface area contributed by atoms with Crippen molar-refractivity contribution >= 4 is 15.9 Å². The van der Waals surface area contributed by atoms with Crippen LogP contribution >= 0.6 is 15.9 Å². The van der Waals surface area contributed by atoms with Crippen LogP contribution in [0, 0.1) is 5.92 Å². The zero-order chi connectivity index (χ0) is 9.42. The zero-order valence-electron chi connectivity index (χ0n) is 7.83. The third-order valence-corrected chi connectivity index (χ3v) is 3.55. The Kier molecular flexibility index (Phi) is 2.41. The van der Waals surface area contributed by atoms with Crippen LogP contribution in [0.1, 0.15) is 49.2 Å². The highest BCUT2D eigenvalue weighted by Crippen LogP contribution is 2.46. The SMILES string of the molecule is CCC(Br)c1nnc(C2CC2C)o1. The smallest absolute Gasteiger partial charge is 0.230 e. The van der Waals surface area contributed by atoms with E-state index in [9.17, 15) is 0 Å². The third-order valence-electron chi connectivity index (χ3n) is 2.51. The summed E-state index contributed by atoms with van der Waals surface area (Å²) in [5, 5.41) is 8.07. The molecule has 0 amide bonds. The molecule has 4 heteroatoms. The van der Waals surface area contributed by atoms with Gasteiger partial charge < -0.3 is 4.42 Å². The van der Waals surface area contributed by atoms with Gasteiger partial charge in [0, 0.05) is 5.92 Å². The van der Waals surface area contributed by atoms with E-state index in [0.717, 1.165) is 24.1 Å². The minimum absolute atomic E-state index is 0.211. The molecule has 13 heavy (non-hydrogen) atoms. The predicted molar refractivity (Wildman–Crippen MR) is 52.8 cm³/mol. The predicted octanol–water partition coefficient (Wildman–Crippen LogP) is 3.04. The lowest BCUT2D eigenvalue weighted by atomic mass is 10.3. The molecule has 0 aromatic carbocycles. The van der Waals surface area contributed by atoms with Crippen molar-refractivity contribution in [2.24, 2.45) is 5.92 Å². The summed E-state index contributed by atoms with van der Waals surface area (Å²) in [6.45, 7) is 4.29. The van der Waals surface area contributed by atoms with Crippen molar-refractivity contribution in [3.8, 4) is 0 Å². The Bertz CT molecular complexity index is 281. The molecule has 1 fully saturated rings. The van der Waals surface area contributed by atoms with Gasteiger partial charge in [0.1, 0.15) is 0 Å². The van der Waals surface area contributed by atoms with E-state index >= 15 is 0 Å². The van der Waals surface area contributed by atoms with Gasteiger partial charge in [-0.05, 0) is 18.8 Å². The molecule has 2 rings (SSSR count). The van der Waals surface area contributed by atoms with Crippen molar-refractivity contribution in [2.45, 2.75) is 37.4 Å². The zero-order valence-corrected chi connectivity index (χ0v) is 9.41. The van der Waals surface area contributed by atoms with Crippen molar-refractivity contribution in [1.29, 1.82) is 0 Å². The van der Waals surface area contributed by atoms with Crippen molar-refractivity contribution in [2.75, 3.05) is 0 Å². The van der Waals surface area contributed by atoms with Gasteiger partial charge in [-0.3, -0.25) is 0 Å². The number of hydrogen-bond acceptors (Lipinski definition) is 3.